The minimum Gasteiger partial charge on any atom is -0.493 e. The van der Waals surface area contributed by atoms with Crippen molar-refractivity contribution in [2.45, 2.75) is 45.1 Å². The average molecular weight is 365 g/mol. The van der Waals surface area contributed by atoms with Crippen molar-refractivity contribution >= 4 is 23.5 Å². The van der Waals surface area contributed by atoms with Crippen LogP contribution >= 0.6 is 12.2 Å². The zero-order valence-electron chi connectivity index (χ0n) is 15.1. The Balaban J connectivity index is 1.98. The number of ether oxygens (including phenoxy) is 3. The number of thiocarbonyl (C=S) groups is 1. The lowest BCUT2D eigenvalue weighted by molar-refractivity contribution is 0.288. The van der Waals surface area contributed by atoms with Crippen molar-refractivity contribution in [2.24, 2.45) is 5.10 Å². The predicted octanol–water partition coefficient (Wildman–Crippen LogP) is 3.23. The molecule has 6 nitrogen and oxygen atoms in total. The molecule has 1 fully saturated rings. The Bertz CT molecular complexity index is 576. The Kier molecular flexibility index (Phi) is 7.78. The van der Waals surface area contributed by atoms with Crippen molar-refractivity contribution in [3.63, 3.8) is 0 Å². The molecule has 1 aromatic rings. The highest BCUT2D eigenvalue weighted by Gasteiger charge is 2.14. The molecule has 25 heavy (non-hydrogen) atoms. The number of hydrogen-bond donors (Lipinski definition) is 2. The molecule has 0 unspecified atom stereocenters. The van der Waals surface area contributed by atoms with Crippen LogP contribution in [0.5, 0.6) is 17.2 Å². The largest absolute Gasteiger partial charge is 0.493 e. The first kappa shape index (κ1) is 19.3. The van der Waals surface area contributed by atoms with Crippen molar-refractivity contribution in [3.05, 3.63) is 17.7 Å². The SMILES string of the molecule is CCOc1c(OC)cc(/C=N\NC(=S)NC2CCCCC2)cc1OC. The molecule has 0 heterocycles. The third-order valence-electron chi connectivity index (χ3n) is 4.09. The van der Waals surface area contributed by atoms with Crippen LogP contribution in [0.4, 0.5) is 0 Å². The molecule has 2 N–H and O–H groups in total. The fraction of sp³-hybridized carbons (Fsp3) is 0.556. The standard InChI is InChI=1S/C18H27N3O3S/c1-4-24-17-15(22-2)10-13(11-16(17)23-3)12-19-21-18(25)20-14-8-6-5-7-9-14/h10-12,14H,4-9H2,1-3H3,(H2,20,21,25)/b19-12-. The number of hydrazone groups is 1. The second-order valence-corrected chi connectivity index (χ2v) is 6.27. The molecule has 7 heteroatoms. The lowest BCUT2D eigenvalue weighted by Crippen LogP contribution is -2.40. The summed E-state index contributed by atoms with van der Waals surface area (Å²) in [4.78, 5) is 0. The van der Waals surface area contributed by atoms with Gasteiger partial charge in [-0.3, -0.25) is 5.43 Å². The van der Waals surface area contributed by atoms with Gasteiger partial charge in [0, 0.05) is 11.6 Å². The Morgan fingerprint density at radius 1 is 1.20 bits per heavy atom. The smallest absolute Gasteiger partial charge is 0.203 e. The van der Waals surface area contributed by atoms with E-state index in [1.54, 1.807) is 20.4 Å². The summed E-state index contributed by atoms with van der Waals surface area (Å²) in [7, 11) is 3.19. The summed E-state index contributed by atoms with van der Waals surface area (Å²) in [6.07, 6.45) is 7.84. The van der Waals surface area contributed by atoms with Gasteiger partial charge in [-0.05, 0) is 44.1 Å². The molecular weight excluding hydrogens is 338 g/mol. The fourth-order valence-electron chi connectivity index (χ4n) is 2.89. The Morgan fingerprint density at radius 3 is 2.40 bits per heavy atom. The molecule has 0 atom stereocenters. The van der Waals surface area contributed by atoms with E-state index in [4.69, 9.17) is 26.4 Å². The normalized spacial score (nSPS) is 15.0. The van der Waals surface area contributed by atoms with E-state index in [1.165, 1.54) is 32.1 Å². The van der Waals surface area contributed by atoms with Gasteiger partial charge in [0.25, 0.3) is 0 Å². The van der Waals surface area contributed by atoms with Gasteiger partial charge < -0.3 is 19.5 Å². The summed E-state index contributed by atoms with van der Waals surface area (Å²) in [5.74, 6) is 1.79. The summed E-state index contributed by atoms with van der Waals surface area (Å²) in [5, 5.41) is 8.07. The first-order chi connectivity index (χ1) is 12.2. The zero-order chi connectivity index (χ0) is 18.1. The van der Waals surface area contributed by atoms with Crippen LogP contribution in [0.1, 0.15) is 44.6 Å². The van der Waals surface area contributed by atoms with Crippen LogP contribution < -0.4 is 25.0 Å². The van der Waals surface area contributed by atoms with E-state index >= 15 is 0 Å². The van der Waals surface area contributed by atoms with Gasteiger partial charge in [0.2, 0.25) is 5.75 Å². The fourth-order valence-corrected chi connectivity index (χ4v) is 3.11. The van der Waals surface area contributed by atoms with E-state index in [0.29, 0.717) is 35.0 Å². The maximum atomic E-state index is 5.59. The maximum absolute atomic E-state index is 5.59. The van der Waals surface area contributed by atoms with Gasteiger partial charge in [-0.2, -0.15) is 5.10 Å². The van der Waals surface area contributed by atoms with Crippen LogP contribution in [0.3, 0.4) is 0 Å². The highest BCUT2D eigenvalue weighted by Crippen LogP contribution is 2.38. The quantitative estimate of drug-likeness (QED) is 0.439. The highest BCUT2D eigenvalue weighted by molar-refractivity contribution is 7.80. The number of rotatable bonds is 7. The van der Waals surface area contributed by atoms with Crippen molar-refractivity contribution in [3.8, 4) is 17.2 Å². The molecule has 1 aliphatic carbocycles. The van der Waals surface area contributed by atoms with Gasteiger partial charge in [-0.1, -0.05) is 19.3 Å². The van der Waals surface area contributed by atoms with Gasteiger partial charge in [0.1, 0.15) is 0 Å². The third kappa shape index (κ3) is 5.77. The Morgan fingerprint density at radius 2 is 1.84 bits per heavy atom. The molecule has 0 saturated heterocycles. The van der Waals surface area contributed by atoms with Crippen LogP contribution in [0.2, 0.25) is 0 Å². The second kappa shape index (κ2) is 10.1. The molecule has 0 spiro atoms. The minimum absolute atomic E-state index is 0.453. The van der Waals surface area contributed by atoms with E-state index in [9.17, 15) is 0 Å². The van der Waals surface area contributed by atoms with E-state index in [0.717, 1.165) is 5.56 Å². The van der Waals surface area contributed by atoms with E-state index < -0.39 is 0 Å². The monoisotopic (exact) mass is 365 g/mol. The number of nitrogens with one attached hydrogen (secondary N) is 2. The highest BCUT2D eigenvalue weighted by atomic mass is 32.1. The topological polar surface area (TPSA) is 64.1 Å². The van der Waals surface area contributed by atoms with Crippen molar-refractivity contribution in [2.75, 3.05) is 20.8 Å². The summed E-state index contributed by atoms with van der Waals surface area (Å²) in [6.45, 7) is 2.45. The van der Waals surface area contributed by atoms with Crippen molar-refractivity contribution in [1.82, 2.24) is 10.7 Å². The summed E-state index contributed by atoms with van der Waals surface area (Å²) in [6, 6.07) is 4.14. The lowest BCUT2D eigenvalue weighted by atomic mass is 9.96. The molecule has 0 bridgehead atoms. The zero-order valence-corrected chi connectivity index (χ0v) is 15.9. The Labute approximate surface area is 154 Å². The van der Waals surface area contributed by atoms with Crippen LogP contribution in [-0.4, -0.2) is 38.2 Å². The average Bonchev–Trinajstić information content (AvgIpc) is 2.63. The molecule has 138 valence electrons. The number of nitrogens with zero attached hydrogens (tertiary/aromatic N) is 1. The molecule has 0 aromatic heterocycles. The van der Waals surface area contributed by atoms with Crippen LogP contribution in [-0.2, 0) is 0 Å². The summed E-state index contributed by atoms with van der Waals surface area (Å²) in [5.41, 5.74) is 3.69. The van der Waals surface area contributed by atoms with Crippen molar-refractivity contribution in [1.29, 1.82) is 0 Å². The van der Waals surface area contributed by atoms with Gasteiger partial charge in [-0.25, -0.2) is 0 Å². The third-order valence-corrected chi connectivity index (χ3v) is 4.30. The van der Waals surface area contributed by atoms with E-state index in [-0.39, 0.29) is 0 Å². The van der Waals surface area contributed by atoms with Crippen molar-refractivity contribution < 1.29 is 14.2 Å². The molecule has 0 aliphatic heterocycles. The number of hydrogen-bond acceptors (Lipinski definition) is 5. The van der Waals surface area contributed by atoms with Gasteiger partial charge in [-0.15, -0.1) is 0 Å². The maximum Gasteiger partial charge on any atom is 0.203 e. The second-order valence-electron chi connectivity index (χ2n) is 5.87. The molecule has 1 aliphatic rings. The number of benzene rings is 1. The molecular formula is C18H27N3O3S. The van der Waals surface area contributed by atoms with Gasteiger partial charge in [0.15, 0.2) is 16.6 Å². The molecule has 0 radical (unpaired) electrons. The predicted molar refractivity (Wildman–Crippen MR) is 104 cm³/mol. The first-order valence-corrected chi connectivity index (χ1v) is 9.07. The molecule has 1 saturated carbocycles. The molecule has 1 aromatic carbocycles. The van der Waals surface area contributed by atoms with Crippen LogP contribution in [0, 0.1) is 0 Å². The lowest BCUT2D eigenvalue weighted by Gasteiger charge is -2.23. The van der Waals surface area contributed by atoms with E-state index in [2.05, 4.69) is 15.8 Å². The van der Waals surface area contributed by atoms with Gasteiger partial charge in [0.05, 0.1) is 27.0 Å². The molecule has 0 amide bonds. The number of methoxy groups -OCH3 is 2. The Hall–Kier alpha value is -2.02. The first-order valence-electron chi connectivity index (χ1n) is 8.66. The summed E-state index contributed by atoms with van der Waals surface area (Å²) >= 11 is 5.30. The van der Waals surface area contributed by atoms with Crippen LogP contribution in [0.25, 0.3) is 0 Å². The minimum atomic E-state index is 0.453. The molecule has 2 rings (SSSR count). The summed E-state index contributed by atoms with van der Waals surface area (Å²) < 4.78 is 16.4. The van der Waals surface area contributed by atoms with Gasteiger partial charge >= 0.3 is 0 Å². The van der Waals surface area contributed by atoms with E-state index in [1.807, 2.05) is 19.1 Å². The van der Waals surface area contributed by atoms with Crippen LogP contribution in [0.15, 0.2) is 17.2 Å².